The van der Waals surface area contributed by atoms with Gasteiger partial charge in [-0.2, -0.15) is 13.2 Å². The quantitative estimate of drug-likeness (QED) is 0.300. The molecular weight excluding hydrogens is 439 g/mol. The smallest absolute Gasteiger partial charge is 0.398 e. The molecule has 0 saturated heterocycles. The molecule has 0 fully saturated rings. The highest BCUT2D eigenvalue weighted by molar-refractivity contribution is 7.18. The van der Waals surface area contributed by atoms with Crippen LogP contribution in [0.25, 0.3) is 10.2 Å². The standard InChI is InChI=1S/C20H19ClF3NO2SSi/c1-29(2,3)27-19(20(22,23)24,12-16(26)13-8-10-14(21)11-9-13)18-25-15-6-4-5-7-17(15)28-18/h4-11H,12H2,1-3H3/t19-/m0/s1. The van der Waals surface area contributed by atoms with Crippen LogP contribution >= 0.6 is 22.9 Å². The lowest BCUT2D eigenvalue weighted by Gasteiger charge is -2.38. The molecule has 0 N–H and O–H groups in total. The number of fused-ring (bicyclic) bond motifs is 1. The van der Waals surface area contributed by atoms with Crippen molar-refractivity contribution < 1.29 is 22.4 Å². The molecule has 0 aliphatic rings. The highest BCUT2D eigenvalue weighted by Crippen LogP contribution is 2.49. The minimum Gasteiger partial charge on any atom is -0.398 e. The zero-order valence-corrected chi connectivity index (χ0v) is 18.6. The molecule has 2 aromatic carbocycles. The van der Waals surface area contributed by atoms with Gasteiger partial charge in [0.15, 0.2) is 14.1 Å². The fourth-order valence-electron chi connectivity index (χ4n) is 2.97. The number of benzene rings is 2. The van der Waals surface area contributed by atoms with E-state index in [1.54, 1.807) is 43.9 Å². The number of carbonyl (C=O) groups is 1. The third-order valence-corrected chi connectivity index (χ3v) is 6.55. The lowest BCUT2D eigenvalue weighted by atomic mass is 9.93. The van der Waals surface area contributed by atoms with E-state index in [1.165, 1.54) is 24.3 Å². The van der Waals surface area contributed by atoms with Crippen molar-refractivity contribution in [3.8, 4) is 0 Å². The minimum atomic E-state index is -4.83. The van der Waals surface area contributed by atoms with Crippen molar-refractivity contribution in [2.45, 2.75) is 37.8 Å². The zero-order chi connectivity index (χ0) is 21.4. The molecule has 0 amide bonds. The molecule has 1 atom stereocenters. The van der Waals surface area contributed by atoms with E-state index in [1.807, 2.05) is 0 Å². The fraction of sp³-hybridized carbons (Fsp3) is 0.300. The van der Waals surface area contributed by atoms with Gasteiger partial charge < -0.3 is 4.43 Å². The molecule has 1 aromatic heterocycles. The van der Waals surface area contributed by atoms with Crippen LogP contribution in [0.2, 0.25) is 24.7 Å². The SMILES string of the molecule is C[Si](C)(C)O[C@@](CC(=O)c1ccc(Cl)cc1)(c1nc2ccccc2s1)C(F)(F)F. The number of Topliss-reactive ketones (excluding diaryl/α,β-unsaturated/α-hetero) is 1. The maximum Gasteiger partial charge on any atom is 0.423 e. The van der Waals surface area contributed by atoms with E-state index in [0.717, 1.165) is 11.3 Å². The summed E-state index contributed by atoms with van der Waals surface area (Å²) in [7, 11) is -2.74. The van der Waals surface area contributed by atoms with Gasteiger partial charge in [-0.05, 0) is 56.0 Å². The molecule has 0 saturated carbocycles. The summed E-state index contributed by atoms with van der Waals surface area (Å²) in [5.41, 5.74) is -2.22. The predicted octanol–water partition coefficient (Wildman–Crippen LogP) is 6.83. The first-order valence-electron chi connectivity index (χ1n) is 8.83. The first kappa shape index (κ1) is 22.0. The van der Waals surface area contributed by atoms with E-state index < -0.39 is 32.3 Å². The number of nitrogens with zero attached hydrogens (tertiary/aromatic N) is 1. The van der Waals surface area contributed by atoms with Crippen molar-refractivity contribution in [2.75, 3.05) is 0 Å². The van der Waals surface area contributed by atoms with Gasteiger partial charge in [-0.25, -0.2) is 4.98 Å². The van der Waals surface area contributed by atoms with Crippen molar-refractivity contribution in [1.82, 2.24) is 4.98 Å². The predicted molar refractivity (Wildman–Crippen MR) is 112 cm³/mol. The second-order valence-electron chi connectivity index (χ2n) is 7.63. The van der Waals surface area contributed by atoms with E-state index in [0.29, 0.717) is 15.2 Å². The van der Waals surface area contributed by atoms with Crippen molar-refractivity contribution in [1.29, 1.82) is 0 Å². The normalized spacial score (nSPS) is 14.7. The first-order chi connectivity index (χ1) is 13.4. The Morgan fingerprint density at radius 2 is 1.72 bits per heavy atom. The summed E-state index contributed by atoms with van der Waals surface area (Å²) in [5.74, 6) is -0.684. The molecule has 0 aliphatic heterocycles. The summed E-state index contributed by atoms with van der Waals surface area (Å²) in [6.07, 6.45) is -5.72. The number of para-hydroxylation sites is 1. The van der Waals surface area contributed by atoms with Crippen LogP contribution in [-0.4, -0.2) is 25.3 Å². The van der Waals surface area contributed by atoms with Crippen LogP contribution in [0, 0.1) is 0 Å². The van der Waals surface area contributed by atoms with E-state index in [4.69, 9.17) is 16.0 Å². The minimum absolute atomic E-state index is 0.142. The second kappa shape index (κ2) is 7.83. The number of hydrogen-bond donors (Lipinski definition) is 0. The lowest BCUT2D eigenvalue weighted by Crippen LogP contribution is -2.52. The number of hydrogen-bond acceptors (Lipinski definition) is 4. The number of aromatic nitrogens is 1. The molecule has 0 unspecified atom stereocenters. The zero-order valence-electron chi connectivity index (χ0n) is 16.0. The summed E-state index contributed by atoms with van der Waals surface area (Å²) < 4.78 is 50.0. The third kappa shape index (κ3) is 4.71. The number of rotatable bonds is 6. The number of alkyl halides is 3. The van der Waals surface area contributed by atoms with Gasteiger partial charge in [-0.3, -0.25) is 4.79 Å². The molecule has 9 heteroatoms. The van der Waals surface area contributed by atoms with E-state index in [9.17, 15) is 18.0 Å². The van der Waals surface area contributed by atoms with Crippen LogP contribution in [0.3, 0.4) is 0 Å². The van der Waals surface area contributed by atoms with Gasteiger partial charge in [0, 0.05) is 10.6 Å². The van der Waals surface area contributed by atoms with Gasteiger partial charge in [0.1, 0.15) is 5.01 Å². The highest BCUT2D eigenvalue weighted by atomic mass is 35.5. The van der Waals surface area contributed by atoms with Crippen LogP contribution in [0.15, 0.2) is 48.5 Å². The van der Waals surface area contributed by atoms with Crippen LogP contribution in [0.1, 0.15) is 21.8 Å². The summed E-state index contributed by atoms with van der Waals surface area (Å²) in [6.45, 7) is 4.98. The topological polar surface area (TPSA) is 39.2 Å². The molecule has 29 heavy (non-hydrogen) atoms. The average molecular weight is 458 g/mol. The molecule has 3 rings (SSSR count). The van der Waals surface area contributed by atoms with E-state index in [2.05, 4.69) is 4.98 Å². The Hall–Kier alpha value is -1.74. The third-order valence-electron chi connectivity index (χ3n) is 4.15. The van der Waals surface area contributed by atoms with Gasteiger partial charge in [-0.1, -0.05) is 23.7 Å². The number of carbonyl (C=O) groups excluding carboxylic acids is 1. The Balaban J connectivity index is 2.15. The van der Waals surface area contributed by atoms with Crippen LogP contribution in [-0.2, 0) is 10.0 Å². The number of ketones is 1. The Bertz CT molecular complexity index is 998. The molecule has 1 heterocycles. The van der Waals surface area contributed by atoms with Crippen molar-refractivity contribution in [2.24, 2.45) is 0 Å². The number of halogens is 4. The van der Waals surface area contributed by atoms with Gasteiger partial charge in [0.25, 0.3) is 0 Å². The molecule has 0 spiro atoms. The fourth-order valence-corrected chi connectivity index (χ4v) is 5.61. The Kier molecular flexibility index (Phi) is 5.93. The Morgan fingerprint density at radius 1 is 1.10 bits per heavy atom. The van der Waals surface area contributed by atoms with E-state index in [-0.39, 0.29) is 10.6 Å². The first-order valence-corrected chi connectivity index (χ1v) is 13.4. The highest BCUT2D eigenvalue weighted by Gasteiger charge is 2.61. The van der Waals surface area contributed by atoms with Gasteiger partial charge in [0.05, 0.1) is 16.6 Å². The van der Waals surface area contributed by atoms with Crippen molar-refractivity contribution in [3.05, 3.63) is 64.1 Å². The van der Waals surface area contributed by atoms with Gasteiger partial charge in [-0.15, -0.1) is 11.3 Å². The molecule has 0 bridgehead atoms. The monoisotopic (exact) mass is 457 g/mol. The molecular formula is C20H19ClF3NO2SSi. The molecule has 3 aromatic rings. The summed E-state index contributed by atoms with van der Waals surface area (Å²) in [4.78, 5) is 17.1. The second-order valence-corrected chi connectivity index (χ2v) is 13.5. The van der Waals surface area contributed by atoms with Crippen LogP contribution in [0.4, 0.5) is 13.2 Å². The van der Waals surface area contributed by atoms with Crippen molar-refractivity contribution in [3.63, 3.8) is 0 Å². The Labute approximate surface area is 176 Å². The van der Waals surface area contributed by atoms with Gasteiger partial charge in [0.2, 0.25) is 5.60 Å². The van der Waals surface area contributed by atoms with Crippen LogP contribution < -0.4 is 0 Å². The maximum atomic E-state index is 14.6. The summed E-state index contributed by atoms with van der Waals surface area (Å²) in [5, 5.41) is 0.143. The summed E-state index contributed by atoms with van der Waals surface area (Å²) in [6, 6.07) is 12.6. The average Bonchev–Trinajstić information content (AvgIpc) is 3.04. The molecule has 154 valence electrons. The van der Waals surface area contributed by atoms with E-state index >= 15 is 0 Å². The Morgan fingerprint density at radius 3 is 2.28 bits per heavy atom. The largest absolute Gasteiger partial charge is 0.423 e. The maximum absolute atomic E-state index is 14.6. The lowest BCUT2D eigenvalue weighted by molar-refractivity contribution is -0.256. The van der Waals surface area contributed by atoms with Crippen molar-refractivity contribution >= 4 is 47.3 Å². The summed E-state index contributed by atoms with van der Waals surface area (Å²) >= 11 is 6.74. The van der Waals surface area contributed by atoms with Crippen LogP contribution in [0.5, 0.6) is 0 Å². The number of thiazole rings is 1. The molecule has 0 radical (unpaired) electrons. The molecule has 0 aliphatic carbocycles. The van der Waals surface area contributed by atoms with Gasteiger partial charge >= 0.3 is 6.18 Å². The molecule has 3 nitrogen and oxygen atoms in total.